The molecular formula is C19H17NO7. The molecule has 6 N–H and O–H groups in total. The second-order valence-electron chi connectivity index (χ2n) is 7.22. The minimum atomic E-state index is -2.51. The Morgan fingerprint density at radius 1 is 1.15 bits per heavy atom. The van der Waals surface area contributed by atoms with Crippen LogP contribution in [0.2, 0.25) is 0 Å². The molecule has 27 heavy (non-hydrogen) atoms. The van der Waals surface area contributed by atoms with E-state index in [9.17, 15) is 34.8 Å². The van der Waals surface area contributed by atoms with Crippen LogP contribution >= 0.6 is 0 Å². The van der Waals surface area contributed by atoms with E-state index in [-0.39, 0.29) is 29.7 Å². The van der Waals surface area contributed by atoms with Gasteiger partial charge < -0.3 is 26.2 Å². The lowest BCUT2D eigenvalue weighted by Crippen LogP contribution is -2.58. The van der Waals surface area contributed by atoms with Crippen LogP contribution in [0.15, 0.2) is 35.1 Å². The number of carbonyl (C=O) groups is 3. The molecule has 0 aromatic heterocycles. The summed E-state index contributed by atoms with van der Waals surface area (Å²) < 4.78 is 0. The summed E-state index contributed by atoms with van der Waals surface area (Å²) in [5.74, 6) is -6.14. The zero-order chi connectivity index (χ0) is 19.7. The molecule has 8 heteroatoms. The lowest BCUT2D eigenvalue weighted by atomic mass is 9.59. The third-order valence-electron chi connectivity index (χ3n) is 5.80. The van der Waals surface area contributed by atoms with E-state index in [1.165, 1.54) is 6.07 Å². The summed E-state index contributed by atoms with van der Waals surface area (Å²) in [6.45, 7) is 0. The van der Waals surface area contributed by atoms with E-state index in [1.54, 1.807) is 12.1 Å². The number of aliphatic hydroxyl groups excluding tert-OH is 2. The van der Waals surface area contributed by atoms with Gasteiger partial charge in [-0.3, -0.25) is 14.4 Å². The molecule has 0 spiro atoms. The molecule has 0 radical (unpaired) electrons. The van der Waals surface area contributed by atoms with Crippen molar-refractivity contribution in [3.05, 3.63) is 46.2 Å². The first-order valence-electron chi connectivity index (χ1n) is 8.46. The Balaban J connectivity index is 1.93. The number of phenols is 1. The molecule has 3 aliphatic carbocycles. The summed E-state index contributed by atoms with van der Waals surface area (Å²) >= 11 is 0. The van der Waals surface area contributed by atoms with Crippen LogP contribution in [-0.4, -0.2) is 43.5 Å². The summed E-state index contributed by atoms with van der Waals surface area (Å²) in [5.41, 5.74) is 2.42. The number of aromatic hydroxyl groups is 1. The van der Waals surface area contributed by atoms with E-state index in [0.717, 1.165) is 0 Å². The fraction of sp³-hybridized carbons (Fsp3) is 0.316. The van der Waals surface area contributed by atoms with Crippen LogP contribution in [-0.2, 0) is 20.8 Å². The normalized spacial score (nSPS) is 30.0. The van der Waals surface area contributed by atoms with Crippen LogP contribution in [0.1, 0.15) is 24.0 Å². The number of phenolic OH excluding ortho intramolecular Hbond substituents is 1. The van der Waals surface area contributed by atoms with Crippen molar-refractivity contribution >= 4 is 23.2 Å². The van der Waals surface area contributed by atoms with Gasteiger partial charge in [0.1, 0.15) is 22.8 Å². The molecule has 4 rings (SSSR count). The van der Waals surface area contributed by atoms with Gasteiger partial charge >= 0.3 is 0 Å². The van der Waals surface area contributed by atoms with Crippen molar-refractivity contribution in [2.75, 3.05) is 0 Å². The summed E-state index contributed by atoms with van der Waals surface area (Å²) in [6, 6.07) is 4.69. The number of nitrogens with two attached hydrogens (primary N) is 1. The molecule has 0 aliphatic heterocycles. The number of hydrogen-bond donors (Lipinski definition) is 5. The number of ketones is 2. The lowest BCUT2D eigenvalue weighted by Gasteiger charge is -2.46. The van der Waals surface area contributed by atoms with Gasteiger partial charge in [0.2, 0.25) is 5.78 Å². The third-order valence-corrected chi connectivity index (χ3v) is 5.80. The number of carbonyl (C=O) groups excluding carboxylic acids is 3. The Bertz CT molecular complexity index is 990. The molecule has 1 saturated carbocycles. The molecule has 8 nitrogen and oxygen atoms in total. The average Bonchev–Trinajstić information content (AvgIpc) is 2.57. The van der Waals surface area contributed by atoms with Crippen LogP contribution in [0.3, 0.4) is 0 Å². The molecule has 1 amide bonds. The molecule has 1 aromatic carbocycles. The van der Waals surface area contributed by atoms with Gasteiger partial charge in [0.25, 0.3) is 5.91 Å². The van der Waals surface area contributed by atoms with Crippen molar-refractivity contribution in [2.45, 2.75) is 24.9 Å². The van der Waals surface area contributed by atoms with Crippen LogP contribution in [0.25, 0.3) is 5.76 Å². The van der Waals surface area contributed by atoms with Crippen molar-refractivity contribution in [3.8, 4) is 5.75 Å². The maximum atomic E-state index is 13.1. The fourth-order valence-corrected chi connectivity index (χ4v) is 4.56. The smallest absolute Gasteiger partial charge is 0.255 e. The molecule has 140 valence electrons. The number of rotatable bonds is 1. The van der Waals surface area contributed by atoms with E-state index in [4.69, 9.17) is 5.73 Å². The van der Waals surface area contributed by atoms with Gasteiger partial charge in [0, 0.05) is 17.9 Å². The molecule has 3 atom stereocenters. The highest BCUT2D eigenvalue weighted by Crippen LogP contribution is 2.51. The van der Waals surface area contributed by atoms with Crippen LogP contribution < -0.4 is 5.73 Å². The predicted octanol–water partition coefficient (Wildman–Crippen LogP) is 0.424. The Labute approximate surface area is 153 Å². The molecule has 3 aliphatic rings. The topological polar surface area (TPSA) is 158 Å². The lowest BCUT2D eigenvalue weighted by molar-refractivity contribution is -0.147. The zero-order valence-electron chi connectivity index (χ0n) is 14.1. The molecular weight excluding hydrogens is 354 g/mol. The first-order chi connectivity index (χ1) is 12.7. The number of Topliss-reactive ketones (excluding diaryl/α,β-unsaturated/α-hetero) is 2. The summed E-state index contributed by atoms with van der Waals surface area (Å²) in [6.07, 6.45) is 0.142. The first kappa shape index (κ1) is 17.3. The number of fused-ring (bicyclic) bond motifs is 3. The SMILES string of the molecule is NC(=O)C1=C(O)[C@@]2(O)C(=O)C3=C(O)c4c(O)cccc4CC3CC2CC1=O. The van der Waals surface area contributed by atoms with E-state index in [0.29, 0.717) is 12.0 Å². The van der Waals surface area contributed by atoms with E-state index in [1.807, 2.05) is 0 Å². The Morgan fingerprint density at radius 2 is 1.85 bits per heavy atom. The van der Waals surface area contributed by atoms with Crippen molar-refractivity contribution in [2.24, 2.45) is 17.6 Å². The number of benzene rings is 1. The second-order valence-corrected chi connectivity index (χ2v) is 7.22. The minimum Gasteiger partial charge on any atom is -0.508 e. The average molecular weight is 371 g/mol. The van der Waals surface area contributed by atoms with Gasteiger partial charge in [-0.2, -0.15) is 0 Å². The van der Waals surface area contributed by atoms with Gasteiger partial charge in [0.05, 0.1) is 5.56 Å². The third kappa shape index (κ3) is 2.10. The number of amides is 1. The maximum absolute atomic E-state index is 13.1. The Kier molecular flexibility index (Phi) is 3.48. The van der Waals surface area contributed by atoms with Crippen LogP contribution in [0, 0.1) is 11.8 Å². The highest BCUT2D eigenvalue weighted by Gasteiger charge is 2.60. The Hall–Kier alpha value is -3.13. The monoisotopic (exact) mass is 371 g/mol. The van der Waals surface area contributed by atoms with Crippen molar-refractivity contribution < 1.29 is 34.8 Å². The standard InChI is InChI=1S/C19H17NO7/c20-18(26)14-11(22)6-9-5-8-4-7-2-1-3-10(21)12(7)15(23)13(8)16(24)19(9,27)17(14)25/h1-3,8-9,21,23,25,27H,4-6H2,(H2,20,26)/t8?,9?,19-/m0/s1. The molecule has 0 bridgehead atoms. The highest BCUT2D eigenvalue weighted by molar-refractivity contribution is 6.22. The molecule has 0 saturated heterocycles. The summed E-state index contributed by atoms with van der Waals surface area (Å²) in [5, 5.41) is 42.1. The zero-order valence-corrected chi connectivity index (χ0v) is 14.1. The quantitative estimate of drug-likeness (QED) is 0.448. The van der Waals surface area contributed by atoms with Gasteiger partial charge in [-0.1, -0.05) is 12.1 Å². The van der Waals surface area contributed by atoms with Gasteiger partial charge in [0.15, 0.2) is 11.4 Å². The van der Waals surface area contributed by atoms with Gasteiger partial charge in [-0.15, -0.1) is 0 Å². The predicted molar refractivity (Wildman–Crippen MR) is 91.4 cm³/mol. The van der Waals surface area contributed by atoms with Crippen LogP contribution in [0.4, 0.5) is 0 Å². The fourth-order valence-electron chi connectivity index (χ4n) is 4.56. The van der Waals surface area contributed by atoms with Gasteiger partial charge in [-0.25, -0.2) is 0 Å². The van der Waals surface area contributed by atoms with Crippen molar-refractivity contribution in [1.82, 2.24) is 0 Å². The maximum Gasteiger partial charge on any atom is 0.255 e. The number of primary amides is 1. The number of hydrogen-bond acceptors (Lipinski definition) is 7. The molecule has 1 fully saturated rings. The number of aliphatic hydroxyl groups is 3. The second kappa shape index (κ2) is 5.43. The summed E-state index contributed by atoms with van der Waals surface area (Å²) in [4.78, 5) is 36.8. The summed E-state index contributed by atoms with van der Waals surface area (Å²) in [7, 11) is 0. The molecule has 0 heterocycles. The van der Waals surface area contributed by atoms with E-state index in [2.05, 4.69) is 0 Å². The van der Waals surface area contributed by atoms with Crippen molar-refractivity contribution in [3.63, 3.8) is 0 Å². The van der Waals surface area contributed by atoms with E-state index >= 15 is 0 Å². The Morgan fingerprint density at radius 3 is 2.52 bits per heavy atom. The molecule has 2 unspecified atom stereocenters. The van der Waals surface area contributed by atoms with Gasteiger partial charge in [-0.05, 0) is 30.4 Å². The first-order valence-corrected chi connectivity index (χ1v) is 8.46. The molecule has 1 aromatic rings. The van der Waals surface area contributed by atoms with Crippen molar-refractivity contribution in [1.29, 1.82) is 0 Å². The minimum absolute atomic E-state index is 0.102. The van der Waals surface area contributed by atoms with E-state index < -0.39 is 52.0 Å². The highest BCUT2D eigenvalue weighted by atomic mass is 16.3. The van der Waals surface area contributed by atoms with Crippen LogP contribution in [0.5, 0.6) is 5.75 Å². The largest absolute Gasteiger partial charge is 0.508 e.